The van der Waals surface area contributed by atoms with Crippen LogP contribution >= 0.6 is 11.6 Å². The number of hydrogen-bond donors (Lipinski definition) is 0. The Kier molecular flexibility index (Phi) is 5.53. The molecule has 0 spiro atoms. The molecule has 29 heavy (non-hydrogen) atoms. The fourth-order valence-corrected chi connectivity index (χ4v) is 3.70. The maximum atomic E-state index is 12.9. The summed E-state index contributed by atoms with van der Waals surface area (Å²) in [5, 5.41) is 4.71. The van der Waals surface area contributed by atoms with Gasteiger partial charge in [-0.1, -0.05) is 41.9 Å². The lowest BCUT2D eigenvalue weighted by atomic mass is 10.1. The van der Waals surface area contributed by atoms with Crippen molar-refractivity contribution >= 4 is 23.2 Å². The first-order valence-electron chi connectivity index (χ1n) is 9.78. The van der Waals surface area contributed by atoms with Crippen LogP contribution < -0.4 is 4.90 Å². The molecule has 1 aliphatic rings. The van der Waals surface area contributed by atoms with Crippen molar-refractivity contribution in [2.24, 2.45) is 0 Å². The summed E-state index contributed by atoms with van der Waals surface area (Å²) in [6.45, 7) is 6.97. The average molecular weight is 411 g/mol. The Morgan fingerprint density at radius 3 is 2.48 bits per heavy atom. The number of hydrogen-bond acceptors (Lipinski definition) is 5. The smallest absolute Gasteiger partial charge is 0.253 e. The molecule has 6 nitrogen and oxygen atoms in total. The van der Waals surface area contributed by atoms with Gasteiger partial charge in [0, 0.05) is 54.4 Å². The van der Waals surface area contributed by atoms with Gasteiger partial charge in [0.1, 0.15) is 0 Å². The highest BCUT2D eigenvalue weighted by molar-refractivity contribution is 6.30. The van der Waals surface area contributed by atoms with E-state index in [2.05, 4.69) is 22.0 Å². The van der Waals surface area contributed by atoms with Crippen LogP contribution in [0.2, 0.25) is 5.02 Å². The fourth-order valence-electron chi connectivity index (χ4n) is 3.53. The van der Waals surface area contributed by atoms with Gasteiger partial charge in [0.2, 0.25) is 11.7 Å². The SMILES string of the molecule is CCc1nc(-c2ccc(C(=O)N3CCN(c4cc(Cl)ccc4C)CC3)cc2)no1. The van der Waals surface area contributed by atoms with Gasteiger partial charge in [-0.05, 0) is 36.8 Å². The molecule has 0 radical (unpaired) electrons. The molecule has 150 valence electrons. The van der Waals surface area contributed by atoms with Crippen molar-refractivity contribution in [1.29, 1.82) is 0 Å². The summed E-state index contributed by atoms with van der Waals surface area (Å²) in [6.07, 6.45) is 0.699. The molecule has 4 rings (SSSR count). The van der Waals surface area contributed by atoms with Gasteiger partial charge < -0.3 is 14.3 Å². The van der Waals surface area contributed by atoms with E-state index in [4.69, 9.17) is 16.1 Å². The first-order chi connectivity index (χ1) is 14.0. The van der Waals surface area contributed by atoms with Crippen molar-refractivity contribution in [3.63, 3.8) is 0 Å². The number of carbonyl (C=O) groups excluding carboxylic acids is 1. The van der Waals surface area contributed by atoms with E-state index in [1.54, 1.807) is 0 Å². The molecule has 1 fully saturated rings. The molecule has 1 saturated heterocycles. The monoisotopic (exact) mass is 410 g/mol. The molecule has 0 aliphatic carbocycles. The van der Waals surface area contributed by atoms with E-state index in [1.165, 1.54) is 5.56 Å². The van der Waals surface area contributed by atoms with Gasteiger partial charge in [0.25, 0.3) is 5.91 Å². The Hall–Kier alpha value is -2.86. The zero-order chi connectivity index (χ0) is 20.4. The number of piperazine rings is 1. The first-order valence-corrected chi connectivity index (χ1v) is 10.2. The lowest BCUT2D eigenvalue weighted by molar-refractivity contribution is 0.0747. The zero-order valence-corrected chi connectivity index (χ0v) is 17.3. The quantitative estimate of drug-likeness (QED) is 0.644. The first kappa shape index (κ1) is 19.5. The lowest BCUT2D eigenvalue weighted by Gasteiger charge is -2.37. The lowest BCUT2D eigenvalue weighted by Crippen LogP contribution is -2.49. The molecule has 2 heterocycles. The van der Waals surface area contributed by atoms with E-state index >= 15 is 0 Å². The molecule has 7 heteroatoms. The highest BCUT2D eigenvalue weighted by Gasteiger charge is 2.23. The highest BCUT2D eigenvalue weighted by atomic mass is 35.5. The summed E-state index contributed by atoms with van der Waals surface area (Å²) in [4.78, 5) is 21.4. The molecule has 0 saturated carbocycles. The second-order valence-corrected chi connectivity index (χ2v) is 7.59. The number of halogens is 1. The number of anilines is 1. The number of amides is 1. The largest absolute Gasteiger partial charge is 0.368 e. The molecule has 0 atom stereocenters. The van der Waals surface area contributed by atoms with E-state index in [0.29, 0.717) is 36.8 Å². The van der Waals surface area contributed by atoms with Crippen LogP contribution in [0.15, 0.2) is 47.0 Å². The molecule has 1 amide bonds. The average Bonchev–Trinajstić information content (AvgIpc) is 3.24. The third-order valence-electron chi connectivity index (χ3n) is 5.24. The summed E-state index contributed by atoms with van der Waals surface area (Å²) in [5.74, 6) is 1.20. The Morgan fingerprint density at radius 1 is 1.10 bits per heavy atom. The van der Waals surface area contributed by atoms with Crippen LogP contribution in [0.1, 0.15) is 28.7 Å². The number of aromatic nitrogens is 2. The van der Waals surface area contributed by atoms with Gasteiger partial charge in [0.05, 0.1) is 0 Å². The minimum atomic E-state index is 0.0429. The molecule has 1 aromatic heterocycles. The molecular formula is C22H23ClN4O2. The number of rotatable bonds is 4. The van der Waals surface area contributed by atoms with Crippen LogP contribution in [0.3, 0.4) is 0 Å². The summed E-state index contributed by atoms with van der Waals surface area (Å²) < 4.78 is 5.15. The minimum absolute atomic E-state index is 0.0429. The van der Waals surface area contributed by atoms with Crippen molar-refractivity contribution in [3.05, 3.63) is 64.5 Å². The van der Waals surface area contributed by atoms with Crippen LogP contribution in [0.4, 0.5) is 5.69 Å². The number of carbonyl (C=O) groups is 1. The van der Waals surface area contributed by atoms with Gasteiger partial charge in [-0.25, -0.2) is 0 Å². The Balaban J connectivity index is 1.41. The van der Waals surface area contributed by atoms with Gasteiger partial charge in [0.15, 0.2) is 0 Å². The van der Waals surface area contributed by atoms with E-state index in [0.717, 1.165) is 29.4 Å². The van der Waals surface area contributed by atoms with Gasteiger partial charge in [-0.15, -0.1) is 0 Å². The maximum absolute atomic E-state index is 12.9. The Morgan fingerprint density at radius 2 is 1.83 bits per heavy atom. The van der Waals surface area contributed by atoms with Crippen molar-refractivity contribution in [3.8, 4) is 11.4 Å². The summed E-state index contributed by atoms with van der Waals surface area (Å²) >= 11 is 6.16. The topological polar surface area (TPSA) is 62.5 Å². The predicted octanol–water partition coefficient (Wildman–Crippen LogP) is 4.22. The number of aryl methyl sites for hydroxylation is 2. The molecule has 0 bridgehead atoms. The maximum Gasteiger partial charge on any atom is 0.253 e. The van der Waals surface area contributed by atoms with Crippen molar-refractivity contribution in [2.45, 2.75) is 20.3 Å². The van der Waals surface area contributed by atoms with E-state index in [-0.39, 0.29) is 5.91 Å². The van der Waals surface area contributed by atoms with Gasteiger partial charge >= 0.3 is 0 Å². The predicted molar refractivity (Wildman–Crippen MR) is 113 cm³/mol. The summed E-state index contributed by atoms with van der Waals surface area (Å²) in [6, 6.07) is 13.3. The number of benzene rings is 2. The highest BCUT2D eigenvalue weighted by Crippen LogP contribution is 2.26. The molecule has 3 aromatic rings. The third kappa shape index (κ3) is 4.12. The summed E-state index contributed by atoms with van der Waals surface area (Å²) in [7, 11) is 0. The normalized spacial score (nSPS) is 14.3. The Bertz CT molecular complexity index is 1010. The van der Waals surface area contributed by atoms with Crippen LogP contribution in [-0.4, -0.2) is 47.1 Å². The molecule has 2 aromatic carbocycles. The van der Waals surface area contributed by atoms with Crippen molar-refractivity contribution in [1.82, 2.24) is 15.0 Å². The van der Waals surface area contributed by atoms with E-state index in [1.807, 2.05) is 54.3 Å². The second kappa shape index (κ2) is 8.25. The molecular weight excluding hydrogens is 388 g/mol. The van der Waals surface area contributed by atoms with Crippen molar-refractivity contribution in [2.75, 3.05) is 31.1 Å². The third-order valence-corrected chi connectivity index (χ3v) is 5.47. The molecule has 0 unspecified atom stereocenters. The molecule has 0 N–H and O–H groups in total. The standard InChI is InChI=1S/C22H23ClN4O2/c1-3-20-24-21(25-29-20)16-5-7-17(8-6-16)22(28)27-12-10-26(11-13-27)19-14-18(23)9-4-15(19)2/h4-9,14H,3,10-13H2,1-2H3. The van der Waals surface area contributed by atoms with Crippen LogP contribution in [0.25, 0.3) is 11.4 Å². The number of nitrogens with zero attached hydrogens (tertiary/aromatic N) is 4. The minimum Gasteiger partial charge on any atom is -0.368 e. The van der Waals surface area contributed by atoms with E-state index in [9.17, 15) is 4.79 Å². The Labute approximate surface area is 175 Å². The fraction of sp³-hybridized carbons (Fsp3) is 0.318. The van der Waals surface area contributed by atoms with Gasteiger partial charge in [-0.2, -0.15) is 4.98 Å². The summed E-state index contributed by atoms with van der Waals surface area (Å²) in [5.41, 5.74) is 3.84. The van der Waals surface area contributed by atoms with Crippen molar-refractivity contribution < 1.29 is 9.32 Å². The second-order valence-electron chi connectivity index (χ2n) is 7.15. The van der Waals surface area contributed by atoms with E-state index < -0.39 is 0 Å². The van der Waals surface area contributed by atoms with Gasteiger partial charge in [-0.3, -0.25) is 4.79 Å². The van der Waals surface area contributed by atoms with Crippen LogP contribution in [0, 0.1) is 6.92 Å². The van der Waals surface area contributed by atoms with Crippen LogP contribution in [-0.2, 0) is 6.42 Å². The van der Waals surface area contributed by atoms with Crippen LogP contribution in [0.5, 0.6) is 0 Å². The zero-order valence-electron chi connectivity index (χ0n) is 16.6. The molecule has 1 aliphatic heterocycles.